The van der Waals surface area contributed by atoms with Crippen LogP contribution in [0.15, 0.2) is 10.9 Å². The van der Waals surface area contributed by atoms with Gasteiger partial charge in [-0.15, -0.1) is 0 Å². The van der Waals surface area contributed by atoms with Gasteiger partial charge in [0.05, 0.1) is 5.69 Å². The zero-order valence-corrected chi connectivity index (χ0v) is 10.6. The van der Waals surface area contributed by atoms with Gasteiger partial charge in [-0.3, -0.25) is 9.78 Å². The highest BCUT2D eigenvalue weighted by Crippen LogP contribution is 2.20. The van der Waals surface area contributed by atoms with Crippen LogP contribution in [0.5, 0.6) is 0 Å². The molecule has 17 heavy (non-hydrogen) atoms. The second-order valence-corrected chi connectivity index (χ2v) is 5.15. The van der Waals surface area contributed by atoms with Gasteiger partial charge in [0, 0.05) is 12.1 Å². The molecule has 1 aliphatic rings. The van der Waals surface area contributed by atoms with Gasteiger partial charge in [-0.25, -0.2) is 4.98 Å². The number of nitrogens with one attached hydrogen (secondary N) is 2. The Hall–Kier alpha value is -1.32. The lowest BCUT2D eigenvalue weighted by Crippen LogP contribution is -2.25. The molecule has 4 nitrogen and oxygen atoms in total. The molecule has 0 aliphatic heterocycles. The molecule has 1 heterocycles. The lowest BCUT2D eigenvalue weighted by Gasteiger charge is -2.23. The van der Waals surface area contributed by atoms with Gasteiger partial charge in [0.15, 0.2) is 0 Å². The largest absolute Gasteiger partial charge is 0.353 e. The molecule has 0 saturated heterocycles. The van der Waals surface area contributed by atoms with Crippen molar-refractivity contribution in [3.05, 3.63) is 22.1 Å². The van der Waals surface area contributed by atoms with Crippen LogP contribution >= 0.6 is 0 Å². The molecule has 1 fully saturated rings. The average Bonchev–Trinajstić information content (AvgIpc) is 2.29. The van der Waals surface area contributed by atoms with E-state index in [9.17, 15) is 4.79 Å². The molecule has 0 spiro atoms. The number of aromatic amines is 1. The predicted octanol–water partition coefficient (Wildman–Crippen LogP) is 2.64. The SMILES string of the molecule is CC(C)c1cc(=O)[nH]c(NC2CCCCC2)n1. The van der Waals surface area contributed by atoms with Gasteiger partial charge in [0.25, 0.3) is 5.56 Å². The minimum Gasteiger partial charge on any atom is -0.353 e. The Labute approximate surface area is 102 Å². The molecule has 1 aromatic heterocycles. The lowest BCUT2D eigenvalue weighted by atomic mass is 9.96. The van der Waals surface area contributed by atoms with Crippen LogP contribution in [0.4, 0.5) is 5.95 Å². The standard InChI is InChI=1S/C13H21N3O/c1-9(2)11-8-12(17)16-13(15-11)14-10-6-4-3-5-7-10/h8-10H,3-7H2,1-2H3,(H2,14,15,16,17). The van der Waals surface area contributed by atoms with Gasteiger partial charge in [-0.1, -0.05) is 33.1 Å². The first-order valence-corrected chi connectivity index (χ1v) is 6.53. The molecule has 0 unspecified atom stereocenters. The topological polar surface area (TPSA) is 57.8 Å². The van der Waals surface area contributed by atoms with Crippen molar-refractivity contribution in [3.8, 4) is 0 Å². The summed E-state index contributed by atoms with van der Waals surface area (Å²) < 4.78 is 0. The van der Waals surface area contributed by atoms with E-state index in [1.54, 1.807) is 6.07 Å². The van der Waals surface area contributed by atoms with E-state index in [4.69, 9.17) is 0 Å². The van der Waals surface area contributed by atoms with Gasteiger partial charge in [-0.05, 0) is 18.8 Å². The van der Waals surface area contributed by atoms with Gasteiger partial charge < -0.3 is 5.32 Å². The summed E-state index contributed by atoms with van der Waals surface area (Å²) in [4.78, 5) is 18.8. The molecule has 1 aromatic rings. The highest BCUT2D eigenvalue weighted by atomic mass is 16.1. The summed E-state index contributed by atoms with van der Waals surface area (Å²) in [6.07, 6.45) is 6.22. The third kappa shape index (κ3) is 3.32. The van der Waals surface area contributed by atoms with E-state index >= 15 is 0 Å². The lowest BCUT2D eigenvalue weighted by molar-refractivity contribution is 0.460. The molecule has 0 atom stereocenters. The highest BCUT2D eigenvalue weighted by molar-refractivity contribution is 5.27. The number of hydrogen-bond donors (Lipinski definition) is 2. The molecule has 0 radical (unpaired) electrons. The number of aromatic nitrogens is 2. The first-order valence-electron chi connectivity index (χ1n) is 6.53. The molecule has 0 bridgehead atoms. The zero-order valence-electron chi connectivity index (χ0n) is 10.6. The van der Waals surface area contributed by atoms with Gasteiger partial charge in [0.1, 0.15) is 0 Å². The van der Waals surface area contributed by atoms with Gasteiger partial charge in [0.2, 0.25) is 5.95 Å². The van der Waals surface area contributed by atoms with E-state index in [-0.39, 0.29) is 11.5 Å². The van der Waals surface area contributed by atoms with Crippen LogP contribution in [0.2, 0.25) is 0 Å². The van der Waals surface area contributed by atoms with E-state index < -0.39 is 0 Å². The van der Waals surface area contributed by atoms with Crippen molar-refractivity contribution in [2.24, 2.45) is 0 Å². The maximum absolute atomic E-state index is 11.5. The van der Waals surface area contributed by atoms with Crippen LogP contribution in [0.3, 0.4) is 0 Å². The predicted molar refractivity (Wildman–Crippen MR) is 69.4 cm³/mol. The Morgan fingerprint density at radius 2 is 2.06 bits per heavy atom. The Morgan fingerprint density at radius 1 is 1.35 bits per heavy atom. The fourth-order valence-corrected chi connectivity index (χ4v) is 2.28. The zero-order chi connectivity index (χ0) is 12.3. The molecule has 0 aromatic carbocycles. The molecule has 2 rings (SSSR count). The Morgan fingerprint density at radius 3 is 2.71 bits per heavy atom. The smallest absolute Gasteiger partial charge is 0.252 e. The van der Waals surface area contributed by atoms with Crippen LogP contribution in [-0.2, 0) is 0 Å². The van der Waals surface area contributed by atoms with Crippen molar-refractivity contribution in [2.75, 3.05) is 5.32 Å². The van der Waals surface area contributed by atoms with Crippen molar-refractivity contribution in [1.82, 2.24) is 9.97 Å². The Bertz CT molecular complexity index is 419. The molecule has 2 N–H and O–H groups in total. The normalized spacial score (nSPS) is 17.4. The molecular formula is C13H21N3O. The summed E-state index contributed by atoms with van der Waals surface area (Å²) >= 11 is 0. The molecule has 1 saturated carbocycles. The summed E-state index contributed by atoms with van der Waals surface area (Å²) in [5.41, 5.74) is 0.786. The molecule has 94 valence electrons. The van der Waals surface area contributed by atoms with Crippen LogP contribution in [0.25, 0.3) is 0 Å². The van der Waals surface area contributed by atoms with E-state index in [1.165, 1.54) is 32.1 Å². The van der Waals surface area contributed by atoms with E-state index in [2.05, 4.69) is 15.3 Å². The van der Waals surface area contributed by atoms with E-state index in [1.807, 2.05) is 13.8 Å². The quantitative estimate of drug-likeness (QED) is 0.846. The number of hydrogen-bond acceptors (Lipinski definition) is 3. The maximum Gasteiger partial charge on any atom is 0.252 e. The van der Waals surface area contributed by atoms with Gasteiger partial charge in [-0.2, -0.15) is 0 Å². The summed E-state index contributed by atoms with van der Waals surface area (Å²) in [7, 11) is 0. The van der Waals surface area contributed by atoms with Crippen LogP contribution < -0.4 is 10.9 Å². The van der Waals surface area contributed by atoms with E-state index in [0.29, 0.717) is 12.0 Å². The average molecular weight is 235 g/mol. The number of nitrogens with zero attached hydrogens (tertiary/aromatic N) is 1. The van der Waals surface area contributed by atoms with Crippen molar-refractivity contribution in [1.29, 1.82) is 0 Å². The summed E-state index contributed by atoms with van der Waals surface area (Å²) in [5.74, 6) is 0.914. The first kappa shape index (κ1) is 12.1. The second kappa shape index (κ2) is 5.34. The van der Waals surface area contributed by atoms with Crippen molar-refractivity contribution in [3.63, 3.8) is 0 Å². The van der Waals surface area contributed by atoms with Gasteiger partial charge >= 0.3 is 0 Å². The fraction of sp³-hybridized carbons (Fsp3) is 0.692. The summed E-state index contributed by atoms with van der Waals surface area (Å²) in [6.45, 7) is 4.10. The van der Waals surface area contributed by atoms with Crippen LogP contribution in [0.1, 0.15) is 57.6 Å². The van der Waals surface area contributed by atoms with Crippen LogP contribution in [0, 0.1) is 0 Å². The maximum atomic E-state index is 11.5. The molecule has 0 amide bonds. The monoisotopic (exact) mass is 235 g/mol. The molecule has 4 heteroatoms. The van der Waals surface area contributed by atoms with Crippen molar-refractivity contribution < 1.29 is 0 Å². The minimum absolute atomic E-state index is 0.0676. The summed E-state index contributed by atoms with van der Waals surface area (Å²) in [5, 5.41) is 3.35. The molecular weight excluding hydrogens is 214 g/mol. The number of anilines is 1. The number of rotatable bonds is 3. The minimum atomic E-state index is -0.0676. The summed E-state index contributed by atoms with van der Waals surface area (Å²) in [6, 6.07) is 2.05. The van der Waals surface area contributed by atoms with E-state index in [0.717, 1.165) is 5.69 Å². The second-order valence-electron chi connectivity index (χ2n) is 5.15. The third-order valence-corrected chi connectivity index (χ3v) is 3.30. The van der Waals surface area contributed by atoms with Crippen molar-refractivity contribution in [2.45, 2.75) is 57.9 Å². The first-order chi connectivity index (χ1) is 8.15. The van der Waals surface area contributed by atoms with Crippen LogP contribution in [-0.4, -0.2) is 16.0 Å². The fourth-order valence-electron chi connectivity index (χ4n) is 2.28. The number of H-pyrrole nitrogens is 1. The highest BCUT2D eigenvalue weighted by Gasteiger charge is 2.14. The van der Waals surface area contributed by atoms with Crippen molar-refractivity contribution >= 4 is 5.95 Å². The Balaban J connectivity index is 2.11. The third-order valence-electron chi connectivity index (χ3n) is 3.30. The Kier molecular flexibility index (Phi) is 3.82. The molecule has 1 aliphatic carbocycles.